The Hall–Kier alpha value is -4.81. The van der Waals surface area contributed by atoms with Crippen molar-refractivity contribution in [1.29, 1.82) is 0 Å². The Bertz CT molecular complexity index is 1830. The second-order valence-electron chi connectivity index (χ2n) is 14.1. The molecule has 2 saturated carbocycles. The lowest BCUT2D eigenvalue weighted by Crippen LogP contribution is -2.50. The standard InChI is InChI=1S/C34H39N9O4/c1-18(2)25-16-42(33(46)37-25)34(26-17-43-27(38-26)5-4-12-35-43)14-22-10-11-24(13-23(22)15-34)36-32(45)30(28(20-6-7-20)21-8-9-21)39-31(44)29-19(3)40-47-41-29/h4-5,10-13,17-18,20-21,25,28,30H,6-9,14-16H2,1-3H3,(H,36,45)(H,37,46)(H,39,44)/t25-,30-,34?/m0/s1. The van der Waals surface area contributed by atoms with Crippen LogP contribution in [0.3, 0.4) is 0 Å². The molecule has 4 aromatic rings. The molecule has 0 radical (unpaired) electrons. The van der Waals surface area contributed by atoms with E-state index in [1.165, 1.54) is 0 Å². The number of aryl methyl sites for hydroxylation is 1. The Morgan fingerprint density at radius 2 is 1.83 bits per heavy atom. The van der Waals surface area contributed by atoms with E-state index in [2.05, 4.69) is 45.2 Å². The van der Waals surface area contributed by atoms with Crippen LogP contribution >= 0.6 is 0 Å². The zero-order valence-corrected chi connectivity index (χ0v) is 26.8. The number of carbonyl (C=O) groups excluding carboxylic acids is 3. The smallest absolute Gasteiger partial charge is 0.318 e. The Kier molecular flexibility index (Phi) is 7.03. The van der Waals surface area contributed by atoms with Crippen molar-refractivity contribution in [3.63, 3.8) is 0 Å². The van der Waals surface area contributed by atoms with Crippen LogP contribution in [-0.4, -0.2) is 66.3 Å². The van der Waals surface area contributed by atoms with Crippen molar-refractivity contribution in [1.82, 2.24) is 40.4 Å². The van der Waals surface area contributed by atoms with Gasteiger partial charge in [-0.2, -0.15) is 5.10 Å². The van der Waals surface area contributed by atoms with Crippen LogP contribution < -0.4 is 16.0 Å². The summed E-state index contributed by atoms with van der Waals surface area (Å²) < 4.78 is 6.51. The van der Waals surface area contributed by atoms with Gasteiger partial charge in [-0.15, -0.1) is 0 Å². The second kappa shape index (κ2) is 11.2. The fourth-order valence-corrected chi connectivity index (χ4v) is 7.70. The third-order valence-corrected chi connectivity index (χ3v) is 10.6. The predicted octanol–water partition coefficient (Wildman–Crippen LogP) is 3.64. The molecule has 3 N–H and O–H groups in total. The van der Waals surface area contributed by atoms with Crippen LogP contribution in [0.25, 0.3) is 5.65 Å². The minimum atomic E-state index is -0.713. The topological polar surface area (TPSA) is 160 Å². The largest absolute Gasteiger partial charge is 0.338 e. The minimum absolute atomic E-state index is 0.0305. The zero-order chi connectivity index (χ0) is 32.4. The first-order chi connectivity index (χ1) is 22.7. The number of amides is 4. The van der Waals surface area contributed by atoms with Crippen molar-refractivity contribution in [2.24, 2.45) is 23.7 Å². The maximum atomic E-state index is 14.0. The highest BCUT2D eigenvalue weighted by Crippen LogP contribution is 2.51. The van der Waals surface area contributed by atoms with Crippen LogP contribution in [0, 0.1) is 30.6 Å². The number of nitrogens with one attached hydrogen (secondary N) is 3. The highest BCUT2D eigenvalue weighted by molar-refractivity contribution is 6.01. The molecule has 244 valence electrons. The number of urea groups is 1. The van der Waals surface area contributed by atoms with Gasteiger partial charge in [0.05, 0.1) is 23.5 Å². The van der Waals surface area contributed by atoms with Gasteiger partial charge in [0, 0.05) is 31.3 Å². The Balaban J connectivity index is 1.09. The third kappa shape index (κ3) is 5.31. The lowest BCUT2D eigenvalue weighted by atomic mass is 9.88. The number of anilines is 1. The molecule has 3 aromatic heterocycles. The Labute approximate surface area is 271 Å². The van der Waals surface area contributed by atoms with Crippen LogP contribution in [0.4, 0.5) is 10.5 Å². The van der Waals surface area contributed by atoms with Crippen LogP contribution in [-0.2, 0) is 23.2 Å². The first-order valence-electron chi connectivity index (χ1n) is 16.6. The van der Waals surface area contributed by atoms with Crippen molar-refractivity contribution < 1.29 is 19.0 Å². The zero-order valence-electron chi connectivity index (χ0n) is 26.8. The summed E-state index contributed by atoms with van der Waals surface area (Å²) in [6.07, 6.45) is 9.03. The van der Waals surface area contributed by atoms with Gasteiger partial charge in [-0.25, -0.2) is 18.9 Å². The van der Waals surface area contributed by atoms with E-state index in [1.54, 1.807) is 17.6 Å². The van der Waals surface area contributed by atoms with Gasteiger partial charge >= 0.3 is 6.03 Å². The monoisotopic (exact) mass is 637 g/mol. The van der Waals surface area contributed by atoms with Gasteiger partial charge in [0.2, 0.25) is 5.91 Å². The van der Waals surface area contributed by atoms with Crippen LogP contribution in [0.1, 0.15) is 72.5 Å². The first-order valence-corrected chi connectivity index (χ1v) is 16.6. The average Bonchev–Trinajstić information content (AvgIpc) is 3.88. The normalized spacial score (nSPS) is 23.0. The van der Waals surface area contributed by atoms with Gasteiger partial charge in [0.15, 0.2) is 11.3 Å². The fraction of sp³-hybridized carbons (Fsp3) is 0.500. The van der Waals surface area contributed by atoms with Crippen LogP contribution in [0.15, 0.2) is 47.4 Å². The highest BCUT2D eigenvalue weighted by atomic mass is 16.6. The quantitative estimate of drug-likeness (QED) is 0.238. The Morgan fingerprint density at radius 1 is 1.06 bits per heavy atom. The number of rotatable bonds is 10. The molecule has 4 heterocycles. The summed E-state index contributed by atoms with van der Waals surface area (Å²) in [4.78, 5) is 47.7. The van der Waals surface area contributed by atoms with Crippen molar-refractivity contribution in [3.8, 4) is 0 Å². The van der Waals surface area contributed by atoms with Gasteiger partial charge < -0.3 is 20.9 Å². The SMILES string of the molecule is Cc1nonc1C(=O)N[C@H](C(=O)Nc1ccc2c(c1)CC(c1cn3ncccc3n1)(N1C[C@@H](C(C)C)NC1=O)C2)C(C1CC1)C1CC1. The van der Waals surface area contributed by atoms with Crippen molar-refractivity contribution >= 4 is 29.2 Å². The minimum Gasteiger partial charge on any atom is -0.338 e. The highest BCUT2D eigenvalue weighted by Gasteiger charge is 2.52. The van der Waals surface area contributed by atoms with E-state index < -0.39 is 17.5 Å². The number of fused-ring (bicyclic) bond motifs is 2. The summed E-state index contributed by atoms with van der Waals surface area (Å²) in [7, 11) is 0. The molecule has 1 saturated heterocycles. The molecule has 3 fully saturated rings. The number of hydrogen-bond acceptors (Lipinski definition) is 8. The van der Waals surface area contributed by atoms with Gasteiger partial charge in [-0.1, -0.05) is 25.1 Å². The van der Waals surface area contributed by atoms with Gasteiger partial charge in [0.1, 0.15) is 11.7 Å². The summed E-state index contributed by atoms with van der Waals surface area (Å²) in [5.41, 5.74) is 4.05. The molecule has 4 aliphatic rings. The summed E-state index contributed by atoms with van der Waals surface area (Å²) in [6, 6.07) is 8.93. The molecule has 3 atom stereocenters. The summed E-state index contributed by atoms with van der Waals surface area (Å²) in [5, 5.41) is 21.3. The average molecular weight is 638 g/mol. The number of aromatic nitrogens is 5. The fourth-order valence-electron chi connectivity index (χ4n) is 7.70. The number of imidazole rings is 1. The predicted molar refractivity (Wildman–Crippen MR) is 170 cm³/mol. The number of nitrogens with zero attached hydrogens (tertiary/aromatic N) is 6. The summed E-state index contributed by atoms with van der Waals surface area (Å²) in [6.45, 7) is 6.46. The maximum Gasteiger partial charge on any atom is 0.318 e. The van der Waals surface area contributed by atoms with E-state index in [1.807, 2.05) is 41.4 Å². The van der Waals surface area contributed by atoms with Gasteiger partial charge in [-0.05, 0) is 96.8 Å². The van der Waals surface area contributed by atoms with Gasteiger partial charge in [-0.3, -0.25) is 9.59 Å². The molecule has 8 rings (SSSR count). The maximum absolute atomic E-state index is 14.0. The number of hydrogen-bond donors (Lipinski definition) is 3. The Morgan fingerprint density at radius 3 is 2.49 bits per heavy atom. The van der Waals surface area contributed by atoms with Crippen LogP contribution in [0.5, 0.6) is 0 Å². The molecule has 0 bridgehead atoms. The summed E-state index contributed by atoms with van der Waals surface area (Å²) in [5.74, 6) is 0.466. The molecule has 13 heteroatoms. The van der Waals surface area contributed by atoms with E-state index in [0.717, 1.165) is 48.2 Å². The second-order valence-corrected chi connectivity index (χ2v) is 14.1. The molecule has 0 spiro atoms. The lowest BCUT2D eigenvalue weighted by molar-refractivity contribution is -0.119. The van der Waals surface area contributed by atoms with E-state index in [9.17, 15) is 14.4 Å². The van der Waals surface area contributed by atoms with E-state index >= 15 is 0 Å². The molecule has 4 amide bonds. The van der Waals surface area contributed by atoms with Crippen molar-refractivity contribution in [2.75, 3.05) is 11.9 Å². The molecule has 1 aromatic carbocycles. The first kappa shape index (κ1) is 29.6. The lowest BCUT2D eigenvalue weighted by Gasteiger charge is -2.37. The molecule has 13 nitrogen and oxygen atoms in total. The van der Waals surface area contributed by atoms with E-state index in [0.29, 0.717) is 42.6 Å². The third-order valence-electron chi connectivity index (χ3n) is 10.6. The van der Waals surface area contributed by atoms with Crippen LogP contribution in [0.2, 0.25) is 0 Å². The number of benzene rings is 1. The van der Waals surface area contributed by atoms with Crippen molar-refractivity contribution in [2.45, 2.75) is 76.9 Å². The molecule has 1 aliphatic heterocycles. The van der Waals surface area contributed by atoms with Gasteiger partial charge in [0.25, 0.3) is 5.91 Å². The molecule has 1 unspecified atom stereocenters. The molecule has 47 heavy (non-hydrogen) atoms. The molecular formula is C34H39N9O4. The summed E-state index contributed by atoms with van der Waals surface area (Å²) >= 11 is 0. The van der Waals surface area contributed by atoms with E-state index in [-0.39, 0.29) is 35.5 Å². The van der Waals surface area contributed by atoms with Crippen molar-refractivity contribution in [3.05, 3.63) is 70.9 Å². The number of carbonyl (C=O) groups is 3. The molecular weight excluding hydrogens is 598 g/mol. The van der Waals surface area contributed by atoms with E-state index in [4.69, 9.17) is 9.61 Å². The molecule has 3 aliphatic carbocycles.